The minimum Gasteiger partial charge on any atom is -0.413 e. The van der Waals surface area contributed by atoms with E-state index in [-0.39, 0.29) is 46.6 Å². The number of hydrogen-bond donors (Lipinski definition) is 1. The average molecular weight is 334 g/mol. The molecule has 0 aromatic carbocycles. The molecule has 4 atom stereocenters. The van der Waals surface area contributed by atoms with Gasteiger partial charge in [0.1, 0.15) is 0 Å². The molecule has 4 nitrogen and oxygen atoms in total. The molecular weight excluding hydrogens is 306 g/mol. The molecule has 0 unspecified atom stereocenters. The first-order valence-corrected chi connectivity index (χ1v) is 10.9. The molecule has 122 valence electrons. The fourth-order valence-electron chi connectivity index (χ4n) is 2.40. The fourth-order valence-corrected chi connectivity index (χ4v) is 4.07. The highest BCUT2D eigenvalue weighted by Crippen LogP contribution is 2.39. The Balaban J connectivity index is 2.79. The molecule has 0 aromatic rings. The summed E-state index contributed by atoms with van der Waals surface area (Å²) in [6, 6.07) is -0.163. The van der Waals surface area contributed by atoms with Crippen molar-refractivity contribution in [2.75, 3.05) is 5.88 Å². The molecule has 1 rings (SSSR count). The van der Waals surface area contributed by atoms with Gasteiger partial charge in [0.2, 0.25) is 5.91 Å². The maximum Gasteiger partial charge on any atom is 0.228 e. The summed E-state index contributed by atoms with van der Waals surface area (Å²) in [5, 5.41) is 2.92. The molecule has 1 amide bonds. The van der Waals surface area contributed by atoms with Crippen LogP contribution in [0, 0.1) is 11.8 Å². The van der Waals surface area contributed by atoms with Gasteiger partial charge in [-0.05, 0) is 25.1 Å². The predicted molar refractivity (Wildman–Crippen MR) is 88.1 cm³/mol. The Morgan fingerprint density at radius 2 is 1.90 bits per heavy atom. The van der Waals surface area contributed by atoms with Gasteiger partial charge < -0.3 is 9.74 Å². The molecule has 1 saturated heterocycles. The lowest BCUT2D eigenvalue weighted by molar-refractivity contribution is -0.143. The van der Waals surface area contributed by atoms with Crippen LogP contribution in [0.5, 0.6) is 0 Å². The van der Waals surface area contributed by atoms with Crippen LogP contribution in [0.1, 0.15) is 34.6 Å². The van der Waals surface area contributed by atoms with E-state index in [9.17, 15) is 9.59 Å². The lowest BCUT2D eigenvalue weighted by Crippen LogP contribution is -2.66. The monoisotopic (exact) mass is 333 g/mol. The number of carbonyl (C=O) groups is 2. The number of nitrogens with one attached hydrogen (secondary N) is 1. The van der Waals surface area contributed by atoms with E-state index in [2.05, 4.69) is 39.2 Å². The van der Waals surface area contributed by atoms with Crippen molar-refractivity contribution in [1.82, 2.24) is 5.32 Å². The Kier molecular flexibility index (Phi) is 5.67. The molecule has 0 saturated carbocycles. The number of β-lactam (4-membered cyclic amide) rings is 1. The zero-order valence-corrected chi connectivity index (χ0v) is 15.9. The second kappa shape index (κ2) is 6.38. The normalized spacial score (nSPS) is 25.8. The maximum atomic E-state index is 11.9. The molecule has 6 heteroatoms. The van der Waals surface area contributed by atoms with E-state index in [0.29, 0.717) is 0 Å². The molecule has 1 aliphatic heterocycles. The number of carbonyl (C=O) groups excluding carboxylic acids is 2. The van der Waals surface area contributed by atoms with Crippen LogP contribution in [0.4, 0.5) is 0 Å². The van der Waals surface area contributed by atoms with Crippen molar-refractivity contribution in [1.29, 1.82) is 0 Å². The Bertz CT molecular complexity index is 420. The molecule has 21 heavy (non-hydrogen) atoms. The summed E-state index contributed by atoms with van der Waals surface area (Å²) < 4.78 is 6.30. The van der Waals surface area contributed by atoms with Crippen molar-refractivity contribution in [3.8, 4) is 0 Å². The highest BCUT2D eigenvalue weighted by Gasteiger charge is 2.50. The quantitative estimate of drug-likeness (QED) is 0.462. The first kappa shape index (κ1) is 18.7. The summed E-state index contributed by atoms with van der Waals surface area (Å²) in [4.78, 5) is 23.7. The number of alkyl halides is 1. The van der Waals surface area contributed by atoms with Gasteiger partial charge in [0, 0.05) is 5.92 Å². The van der Waals surface area contributed by atoms with Crippen molar-refractivity contribution < 1.29 is 14.0 Å². The van der Waals surface area contributed by atoms with E-state index in [4.69, 9.17) is 16.0 Å². The third-order valence-corrected chi connectivity index (χ3v) is 9.81. The molecule has 0 aromatic heterocycles. The molecule has 1 heterocycles. The molecule has 1 N–H and O–H groups in total. The van der Waals surface area contributed by atoms with Gasteiger partial charge in [0.25, 0.3) is 0 Å². The summed E-state index contributed by atoms with van der Waals surface area (Å²) in [5.41, 5.74) is 0. The van der Waals surface area contributed by atoms with Crippen LogP contribution in [0.2, 0.25) is 18.1 Å². The van der Waals surface area contributed by atoms with Crippen LogP contribution in [-0.4, -0.2) is 38.0 Å². The average Bonchev–Trinajstić information content (AvgIpc) is 2.31. The molecule has 0 aliphatic carbocycles. The van der Waals surface area contributed by atoms with E-state index in [0.717, 1.165) is 0 Å². The largest absolute Gasteiger partial charge is 0.413 e. The Hall–Kier alpha value is -0.393. The van der Waals surface area contributed by atoms with Gasteiger partial charge >= 0.3 is 0 Å². The second-order valence-corrected chi connectivity index (χ2v) is 12.6. The molecule has 1 fully saturated rings. The minimum atomic E-state index is -1.93. The first-order chi connectivity index (χ1) is 9.42. The fraction of sp³-hybridized carbons (Fsp3) is 0.867. The summed E-state index contributed by atoms with van der Waals surface area (Å²) in [6.07, 6.45) is -0.185. The highest BCUT2D eigenvalue weighted by atomic mass is 35.5. The van der Waals surface area contributed by atoms with Gasteiger partial charge in [-0.2, -0.15) is 0 Å². The SMILES string of the molecule is C[C@@H](O[Si](C)(C)C(C)(C)C)[C@H]1C(=O)N[C@@H]1[C@@H](C)C(=O)CCl. The standard InChI is InChI=1S/C15H28ClNO3Si/c1-9(11(18)8-16)13-12(14(19)17-13)10(2)20-21(6,7)15(3,4)5/h9-10,12-13H,8H2,1-7H3,(H,17,19)/t9-,10+,12+,13+/m0/s1. The van der Waals surface area contributed by atoms with E-state index in [1.165, 1.54) is 0 Å². The number of rotatable bonds is 6. The third kappa shape index (κ3) is 3.87. The number of hydrogen-bond acceptors (Lipinski definition) is 3. The Labute approximate surface area is 134 Å². The zero-order valence-electron chi connectivity index (χ0n) is 14.1. The van der Waals surface area contributed by atoms with Gasteiger partial charge in [-0.25, -0.2) is 0 Å². The molecule has 1 aliphatic rings. The van der Waals surface area contributed by atoms with Crippen molar-refractivity contribution in [3.63, 3.8) is 0 Å². The van der Waals surface area contributed by atoms with Crippen LogP contribution < -0.4 is 5.32 Å². The minimum absolute atomic E-state index is 0.0161. The van der Waals surface area contributed by atoms with Gasteiger partial charge in [-0.15, -0.1) is 11.6 Å². The highest BCUT2D eigenvalue weighted by molar-refractivity contribution is 6.74. The lowest BCUT2D eigenvalue weighted by atomic mass is 9.77. The van der Waals surface area contributed by atoms with Crippen LogP contribution in [0.3, 0.4) is 0 Å². The van der Waals surface area contributed by atoms with E-state index in [1.54, 1.807) is 0 Å². The maximum absolute atomic E-state index is 11.9. The number of amides is 1. The van der Waals surface area contributed by atoms with Crippen LogP contribution in [0.25, 0.3) is 0 Å². The zero-order chi connectivity index (χ0) is 16.6. The van der Waals surface area contributed by atoms with Crippen LogP contribution in [0.15, 0.2) is 0 Å². The summed E-state index contributed by atoms with van der Waals surface area (Å²) >= 11 is 5.62. The van der Waals surface area contributed by atoms with Crippen LogP contribution in [-0.2, 0) is 14.0 Å². The summed E-state index contributed by atoms with van der Waals surface area (Å²) in [6.45, 7) is 14.6. The Morgan fingerprint density at radius 3 is 2.29 bits per heavy atom. The van der Waals surface area contributed by atoms with Gasteiger partial charge in [-0.3, -0.25) is 9.59 Å². The van der Waals surface area contributed by atoms with E-state index in [1.807, 2.05) is 13.8 Å². The van der Waals surface area contributed by atoms with Crippen molar-refractivity contribution in [2.24, 2.45) is 11.8 Å². The van der Waals surface area contributed by atoms with Gasteiger partial charge in [-0.1, -0.05) is 27.7 Å². The van der Waals surface area contributed by atoms with Crippen molar-refractivity contribution in [3.05, 3.63) is 0 Å². The summed E-state index contributed by atoms with van der Waals surface area (Å²) in [5.74, 6) is -0.610. The second-order valence-electron chi connectivity index (χ2n) is 7.53. The third-order valence-electron chi connectivity index (χ3n) is 4.97. The van der Waals surface area contributed by atoms with Crippen LogP contribution >= 0.6 is 11.6 Å². The van der Waals surface area contributed by atoms with Gasteiger partial charge in [0.05, 0.1) is 23.9 Å². The number of ketones is 1. The topological polar surface area (TPSA) is 55.4 Å². The van der Waals surface area contributed by atoms with E-state index >= 15 is 0 Å². The van der Waals surface area contributed by atoms with Gasteiger partial charge in [0.15, 0.2) is 14.1 Å². The molecule has 0 bridgehead atoms. The molecular formula is C15H28ClNO3Si. The van der Waals surface area contributed by atoms with Crippen molar-refractivity contribution in [2.45, 2.75) is 64.9 Å². The smallest absolute Gasteiger partial charge is 0.228 e. The van der Waals surface area contributed by atoms with Crippen molar-refractivity contribution >= 4 is 31.6 Å². The molecule has 0 spiro atoms. The Morgan fingerprint density at radius 1 is 1.38 bits per heavy atom. The van der Waals surface area contributed by atoms with E-state index < -0.39 is 8.32 Å². The molecule has 0 radical (unpaired) electrons. The number of halogens is 1. The predicted octanol–water partition coefficient (Wildman–Crippen LogP) is 2.96. The number of Topliss-reactive ketones (excluding diaryl/α,β-unsaturated/α-hetero) is 1. The lowest BCUT2D eigenvalue weighted by Gasteiger charge is -2.46. The summed E-state index contributed by atoms with van der Waals surface area (Å²) in [7, 11) is -1.93. The first-order valence-electron chi connectivity index (χ1n) is 7.49.